The molecule has 30 heavy (non-hydrogen) atoms. The molecule has 0 N–H and O–H groups in total. The first-order chi connectivity index (χ1) is 14.5. The maximum Gasteiger partial charge on any atom is 0.195 e. The number of hydrogen-bond donors (Lipinski definition) is 0. The molecule has 6 heteroatoms. The van der Waals surface area contributed by atoms with Crippen LogP contribution in [0.5, 0.6) is 0 Å². The number of carbonyl (C=O) groups excluding carboxylic acids is 1. The number of ether oxygens (including phenoxy) is 3. The lowest BCUT2D eigenvalue weighted by atomic mass is 10.0. The average Bonchev–Trinajstić information content (AvgIpc) is 3.27. The Bertz CT molecular complexity index is 887. The molecule has 0 radical (unpaired) electrons. The van der Waals surface area contributed by atoms with E-state index in [2.05, 4.69) is 12.1 Å². The molecule has 3 aliphatic rings. The predicted molar refractivity (Wildman–Crippen MR) is 109 cm³/mol. The van der Waals surface area contributed by atoms with Gasteiger partial charge in [-0.15, -0.1) is 0 Å². The van der Waals surface area contributed by atoms with Gasteiger partial charge in [0.15, 0.2) is 17.7 Å². The van der Waals surface area contributed by atoms with Crippen LogP contribution in [0.1, 0.15) is 31.4 Å². The highest BCUT2D eigenvalue weighted by Crippen LogP contribution is 2.41. The van der Waals surface area contributed by atoms with Crippen LogP contribution in [0.15, 0.2) is 60.7 Å². The number of fused-ring (bicyclic) bond motifs is 3. The van der Waals surface area contributed by atoms with Crippen molar-refractivity contribution >= 4 is 5.78 Å². The third-order valence-corrected chi connectivity index (χ3v) is 5.98. The van der Waals surface area contributed by atoms with Crippen molar-refractivity contribution in [2.75, 3.05) is 0 Å². The number of hydroxylamine groups is 2. The zero-order valence-electron chi connectivity index (χ0n) is 17.3. The highest BCUT2D eigenvalue weighted by molar-refractivity contribution is 5.89. The molecule has 5 atom stereocenters. The molecular weight excluding hydrogens is 382 g/mol. The van der Waals surface area contributed by atoms with Gasteiger partial charge in [-0.25, -0.2) is 0 Å². The summed E-state index contributed by atoms with van der Waals surface area (Å²) in [5, 5.41) is 1.90. The molecule has 1 saturated carbocycles. The Kier molecular flexibility index (Phi) is 5.21. The van der Waals surface area contributed by atoms with Crippen molar-refractivity contribution in [3.8, 4) is 0 Å². The molecule has 1 aliphatic carbocycles. The van der Waals surface area contributed by atoms with Gasteiger partial charge in [-0.05, 0) is 25.0 Å². The Labute approximate surface area is 176 Å². The van der Waals surface area contributed by atoms with Gasteiger partial charge in [0.05, 0.1) is 12.6 Å². The second kappa shape index (κ2) is 7.87. The number of hydrogen-bond acceptors (Lipinski definition) is 6. The van der Waals surface area contributed by atoms with Crippen molar-refractivity contribution in [3.63, 3.8) is 0 Å². The smallest absolute Gasteiger partial charge is 0.195 e. The van der Waals surface area contributed by atoms with Crippen LogP contribution in [-0.4, -0.2) is 47.1 Å². The summed E-state index contributed by atoms with van der Waals surface area (Å²) in [6, 6.07) is 20.0. The summed E-state index contributed by atoms with van der Waals surface area (Å²) < 4.78 is 18.6. The van der Waals surface area contributed by atoms with Gasteiger partial charge in [0.2, 0.25) is 0 Å². The first kappa shape index (κ1) is 19.8. The van der Waals surface area contributed by atoms with Gasteiger partial charge in [-0.2, -0.15) is 5.06 Å². The summed E-state index contributed by atoms with van der Waals surface area (Å²) in [5.74, 6) is -0.891. The number of nitrogens with zero attached hydrogens (tertiary/aromatic N) is 1. The van der Waals surface area contributed by atoms with Gasteiger partial charge in [0.1, 0.15) is 18.3 Å². The maximum atomic E-state index is 13.2. The normalized spacial score (nSPS) is 32.7. The SMILES string of the molecule is CC1(C)O[C@H]2[C@H](OCc3ccccc3)[C@H]3C[C@H](ON3Cc3ccccc3)C(=O)[C@@H]2O1. The van der Waals surface area contributed by atoms with Gasteiger partial charge in [0, 0.05) is 13.0 Å². The molecule has 2 heterocycles. The number of Topliss-reactive ketones (excluding diaryl/α,β-unsaturated/α-hetero) is 1. The monoisotopic (exact) mass is 409 g/mol. The maximum absolute atomic E-state index is 13.2. The fourth-order valence-electron chi connectivity index (χ4n) is 4.63. The van der Waals surface area contributed by atoms with E-state index < -0.39 is 24.1 Å². The molecule has 2 aromatic carbocycles. The fourth-order valence-corrected chi connectivity index (χ4v) is 4.63. The van der Waals surface area contributed by atoms with Crippen molar-refractivity contribution in [1.82, 2.24) is 5.06 Å². The molecule has 0 aromatic heterocycles. The zero-order chi connectivity index (χ0) is 20.7. The topological polar surface area (TPSA) is 57.2 Å². The second-order valence-electron chi connectivity index (χ2n) is 8.64. The van der Waals surface area contributed by atoms with Gasteiger partial charge in [-0.3, -0.25) is 9.63 Å². The van der Waals surface area contributed by atoms with Crippen LogP contribution in [-0.2, 0) is 37.0 Å². The minimum atomic E-state index is -0.833. The Hall–Kier alpha value is -2.09. The van der Waals surface area contributed by atoms with Gasteiger partial charge in [-0.1, -0.05) is 60.7 Å². The summed E-state index contributed by atoms with van der Waals surface area (Å²) in [6.45, 7) is 4.70. The van der Waals surface area contributed by atoms with Crippen molar-refractivity contribution in [2.24, 2.45) is 0 Å². The van der Waals surface area contributed by atoms with Crippen LogP contribution < -0.4 is 0 Å². The Balaban J connectivity index is 1.43. The first-order valence-electron chi connectivity index (χ1n) is 10.5. The number of ketones is 1. The highest BCUT2D eigenvalue weighted by atomic mass is 16.8. The summed E-state index contributed by atoms with van der Waals surface area (Å²) in [6.07, 6.45) is -1.44. The number of carbonyl (C=O) groups is 1. The zero-order valence-corrected chi connectivity index (χ0v) is 17.3. The minimum absolute atomic E-state index is 0.0584. The van der Waals surface area contributed by atoms with E-state index in [0.717, 1.165) is 11.1 Å². The van der Waals surface area contributed by atoms with Gasteiger partial charge >= 0.3 is 0 Å². The average molecular weight is 409 g/mol. The molecule has 3 fully saturated rings. The van der Waals surface area contributed by atoms with E-state index in [0.29, 0.717) is 19.6 Å². The van der Waals surface area contributed by atoms with Crippen molar-refractivity contribution in [3.05, 3.63) is 71.8 Å². The highest BCUT2D eigenvalue weighted by Gasteiger charge is 2.59. The van der Waals surface area contributed by atoms with Crippen molar-refractivity contribution in [1.29, 1.82) is 0 Å². The van der Waals surface area contributed by atoms with Crippen LogP contribution in [0.2, 0.25) is 0 Å². The Morgan fingerprint density at radius 2 is 1.67 bits per heavy atom. The molecule has 2 bridgehead atoms. The molecule has 2 saturated heterocycles. The quantitative estimate of drug-likeness (QED) is 0.756. The molecule has 158 valence electrons. The Morgan fingerprint density at radius 1 is 1.00 bits per heavy atom. The van der Waals surface area contributed by atoms with Crippen LogP contribution in [0.3, 0.4) is 0 Å². The standard InChI is InChI=1S/C24H27NO5/c1-24(2)28-22-20(26)19-13-18(25(30-19)14-16-9-5-3-6-10-16)21(23(22)29-24)27-15-17-11-7-4-8-12-17/h3-12,18-19,21-23H,13-15H2,1-2H3/t18-,19+,21-,22+,23+/m1/s1. The lowest BCUT2D eigenvalue weighted by Gasteiger charge is -2.35. The van der Waals surface area contributed by atoms with Gasteiger partial charge < -0.3 is 14.2 Å². The second-order valence-corrected chi connectivity index (χ2v) is 8.64. The van der Waals surface area contributed by atoms with E-state index >= 15 is 0 Å². The van der Waals surface area contributed by atoms with Crippen LogP contribution in [0, 0.1) is 0 Å². The van der Waals surface area contributed by atoms with E-state index in [1.807, 2.05) is 67.4 Å². The van der Waals surface area contributed by atoms with Crippen LogP contribution in [0.4, 0.5) is 0 Å². The van der Waals surface area contributed by atoms with E-state index in [4.69, 9.17) is 19.0 Å². The number of benzene rings is 2. The predicted octanol–water partition coefficient (Wildman–Crippen LogP) is 3.25. The van der Waals surface area contributed by atoms with E-state index in [-0.39, 0.29) is 17.9 Å². The molecule has 2 aromatic rings. The number of rotatable bonds is 5. The summed E-state index contributed by atoms with van der Waals surface area (Å²) in [7, 11) is 0. The lowest BCUT2D eigenvalue weighted by Crippen LogP contribution is -2.52. The van der Waals surface area contributed by atoms with Crippen LogP contribution in [0.25, 0.3) is 0 Å². The third kappa shape index (κ3) is 3.82. The first-order valence-corrected chi connectivity index (χ1v) is 10.5. The molecule has 6 nitrogen and oxygen atoms in total. The molecule has 0 unspecified atom stereocenters. The van der Waals surface area contributed by atoms with Gasteiger partial charge in [0.25, 0.3) is 0 Å². The van der Waals surface area contributed by atoms with E-state index in [1.165, 1.54) is 0 Å². The summed E-state index contributed by atoms with van der Waals surface area (Å²) in [4.78, 5) is 19.3. The van der Waals surface area contributed by atoms with E-state index in [1.54, 1.807) is 0 Å². The fraction of sp³-hybridized carbons (Fsp3) is 0.458. The Morgan fingerprint density at radius 3 is 2.37 bits per heavy atom. The molecule has 0 amide bonds. The minimum Gasteiger partial charge on any atom is -0.369 e. The largest absolute Gasteiger partial charge is 0.369 e. The molecule has 2 aliphatic heterocycles. The molecular formula is C24H27NO5. The lowest BCUT2D eigenvalue weighted by molar-refractivity contribution is -0.214. The third-order valence-electron chi connectivity index (χ3n) is 5.98. The van der Waals surface area contributed by atoms with Crippen molar-refractivity contribution in [2.45, 2.75) is 69.7 Å². The molecule has 5 rings (SSSR count). The molecule has 0 spiro atoms. The van der Waals surface area contributed by atoms with E-state index in [9.17, 15) is 4.79 Å². The van der Waals surface area contributed by atoms with Crippen molar-refractivity contribution < 1.29 is 23.8 Å². The van der Waals surface area contributed by atoms with Crippen LogP contribution >= 0.6 is 0 Å². The summed E-state index contributed by atoms with van der Waals surface area (Å²) >= 11 is 0. The summed E-state index contributed by atoms with van der Waals surface area (Å²) in [5.41, 5.74) is 2.20.